The van der Waals surface area contributed by atoms with Crippen molar-refractivity contribution in [1.29, 1.82) is 0 Å². The Balaban J connectivity index is 1.84. The molecule has 0 radical (unpaired) electrons. The van der Waals surface area contributed by atoms with E-state index in [2.05, 4.69) is 26.4 Å². The first-order valence-electron chi connectivity index (χ1n) is 10.1. The van der Waals surface area contributed by atoms with Crippen molar-refractivity contribution >= 4 is 44.8 Å². The molecule has 1 aliphatic rings. The van der Waals surface area contributed by atoms with Gasteiger partial charge in [0.1, 0.15) is 23.5 Å². The van der Waals surface area contributed by atoms with Gasteiger partial charge in [0.15, 0.2) is 0 Å². The van der Waals surface area contributed by atoms with Gasteiger partial charge in [0.05, 0.1) is 15.7 Å². The van der Waals surface area contributed by atoms with Crippen LogP contribution in [0, 0.1) is 11.6 Å². The quantitative estimate of drug-likeness (QED) is 0.324. The molecule has 1 fully saturated rings. The molecule has 0 aliphatic carbocycles. The van der Waals surface area contributed by atoms with Gasteiger partial charge in [-0.2, -0.15) is 0 Å². The molecular formula is C23H18BrCl2F2N3O2. The molecule has 1 saturated heterocycles. The number of oxime groups is 1. The minimum absolute atomic E-state index is 0.0310. The Labute approximate surface area is 207 Å². The second-order valence-electron chi connectivity index (χ2n) is 7.46. The summed E-state index contributed by atoms with van der Waals surface area (Å²) in [4.78, 5) is 18.4. The van der Waals surface area contributed by atoms with Gasteiger partial charge in [-0.3, -0.25) is 9.36 Å². The second-order valence-corrected chi connectivity index (χ2v) is 9.19. The average molecular weight is 557 g/mol. The number of halogens is 5. The molecule has 172 valence electrons. The van der Waals surface area contributed by atoms with E-state index in [0.717, 1.165) is 38.1 Å². The monoisotopic (exact) mass is 555 g/mol. The molecule has 1 N–H and O–H groups in total. The summed E-state index contributed by atoms with van der Waals surface area (Å²) in [5, 5.41) is 7.95. The third-order valence-corrected chi connectivity index (χ3v) is 6.21. The predicted molar refractivity (Wildman–Crippen MR) is 129 cm³/mol. The predicted octanol–water partition coefficient (Wildman–Crippen LogP) is 5.71. The van der Waals surface area contributed by atoms with Crippen LogP contribution in [0.15, 0.2) is 63.1 Å². The summed E-state index contributed by atoms with van der Waals surface area (Å²) < 4.78 is 30.2. The Hall–Kier alpha value is -2.26. The molecule has 0 unspecified atom stereocenters. The lowest BCUT2D eigenvalue weighted by Gasteiger charge is -2.21. The van der Waals surface area contributed by atoms with E-state index in [9.17, 15) is 13.6 Å². The topological polar surface area (TPSA) is 55.6 Å². The van der Waals surface area contributed by atoms with Crippen LogP contribution in [0.25, 0.3) is 5.69 Å². The molecular weight excluding hydrogens is 539 g/mol. The summed E-state index contributed by atoms with van der Waals surface area (Å²) in [7, 11) is 0. The van der Waals surface area contributed by atoms with E-state index in [1.54, 1.807) is 12.1 Å². The van der Waals surface area contributed by atoms with E-state index >= 15 is 0 Å². The third kappa shape index (κ3) is 5.46. The number of rotatable bonds is 5. The maximum absolute atomic E-state index is 14.7. The molecule has 1 aliphatic heterocycles. The number of hydrogen-bond acceptors (Lipinski definition) is 4. The Morgan fingerprint density at radius 1 is 1.09 bits per heavy atom. The largest absolute Gasteiger partial charge is 0.392 e. The summed E-state index contributed by atoms with van der Waals surface area (Å²) in [6.07, 6.45) is 2.79. The van der Waals surface area contributed by atoms with E-state index in [1.807, 2.05) is 0 Å². The SMILES string of the molecule is O=c1ccc(/C(=N/OC2CCNCC2)c2ccc(F)cc2F)cn1-c1c(Cl)cc(Br)cc1Cl. The van der Waals surface area contributed by atoms with Crippen LogP contribution in [0.2, 0.25) is 10.0 Å². The number of piperidine rings is 1. The first-order chi connectivity index (χ1) is 15.8. The molecule has 2 aromatic carbocycles. The van der Waals surface area contributed by atoms with Gasteiger partial charge in [-0.25, -0.2) is 8.78 Å². The molecule has 2 heterocycles. The highest BCUT2D eigenvalue weighted by molar-refractivity contribution is 9.10. The zero-order chi connectivity index (χ0) is 23.5. The molecule has 0 bridgehead atoms. The summed E-state index contributed by atoms with van der Waals surface area (Å²) in [6, 6.07) is 9.20. The number of benzene rings is 2. The van der Waals surface area contributed by atoms with Crippen molar-refractivity contribution in [3.63, 3.8) is 0 Å². The number of nitrogens with one attached hydrogen (secondary N) is 1. The first kappa shape index (κ1) is 23.9. The molecule has 33 heavy (non-hydrogen) atoms. The Morgan fingerprint density at radius 3 is 2.45 bits per heavy atom. The summed E-state index contributed by atoms with van der Waals surface area (Å²) in [5.74, 6) is -1.52. The zero-order valence-corrected chi connectivity index (χ0v) is 20.2. The summed E-state index contributed by atoms with van der Waals surface area (Å²) in [6.45, 7) is 1.57. The minimum atomic E-state index is -0.805. The van der Waals surface area contributed by atoms with Crippen LogP contribution < -0.4 is 10.9 Å². The van der Waals surface area contributed by atoms with Crippen LogP contribution in [0.4, 0.5) is 8.78 Å². The van der Waals surface area contributed by atoms with Crippen LogP contribution in [0.5, 0.6) is 0 Å². The fourth-order valence-electron chi connectivity index (χ4n) is 3.53. The molecule has 3 aromatic rings. The standard InChI is InChI=1S/C23H18BrCl2F2N3O2/c24-14-9-18(25)23(19(26)10-14)31-12-13(1-4-21(31)32)22(17-3-2-15(27)11-20(17)28)30-33-16-5-7-29-8-6-16/h1-4,9-12,16,29H,5-8H2/b30-22-. The van der Waals surface area contributed by atoms with Crippen LogP contribution in [0.3, 0.4) is 0 Å². The van der Waals surface area contributed by atoms with E-state index in [1.165, 1.54) is 29.0 Å². The molecule has 0 atom stereocenters. The van der Waals surface area contributed by atoms with Crippen molar-refractivity contribution < 1.29 is 13.6 Å². The third-order valence-electron chi connectivity index (χ3n) is 5.17. The maximum atomic E-state index is 14.7. The van der Waals surface area contributed by atoms with Gasteiger partial charge >= 0.3 is 0 Å². The molecule has 0 spiro atoms. The molecule has 10 heteroatoms. The van der Waals surface area contributed by atoms with Crippen molar-refractivity contribution in [2.75, 3.05) is 13.1 Å². The molecule has 1 aromatic heterocycles. The van der Waals surface area contributed by atoms with Gasteiger partial charge in [0, 0.05) is 33.9 Å². The first-order valence-corrected chi connectivity index (χ1v) is 11.7. The lowest BCUT2D eigenvalue weighted by Crippen LogP contribution is -2.31. The van der Waals surface area contributed by atoms with Gasteiger partial charge in [0.2, 0.25) is 0 Å². The number of aromatic nitrogens is 1. The molecule has 0 amide bonds. The van der Waals surface area contributed by atoms with Crippen LogP contribution >= 0.6 is 39.1 Å². The van der Waals surface area contributed by atoms with Crippen LogP contribution in [-0.4, -0.2) is 29.5 Å². The number of pyridine rings is 1. The van der Waals surface area contributed by atoms with E-state index in [4.69, 9.17) is 28.0 Å². The fraction of sp³-hybridized carbons (Fsp3) is 0.217. The van der Waals surface area contributed by atoms with Gasteiger partial charge < -0.3 is 10.2 Å². The second kappa shape index (κ2) is 10.3. The zero-order valence-electron chi connectivity index (χ0n) is 17.1. The van der Waals surface area contributed by atoms with Crippen molar-refractivity contribution in [3.05, 3.63) is 96.3 Å². The smallest absolute Gasteiger partial charge is 0.255 e. The molecule has 0 saturated carbocycles. The lowest BCUT2D eigenvalue weighted by molar-refractivity contribution is 0.0378. The van der Waals surface area contributed by atoms with Crippen molar-refractivity contribution in [2.45, 2.75) is 18.9 Å². The Morgan fingerprint density at radius 2 is 1.79 bits per heavy atom. The van der Waals surface area contributed by atoms with Gasteiger partial charge in [-0.1, -0.05) is 44.3 Å². The van der Waals surface area contributed by atoms with Gasteiger partial charge in [-0.05, 0) is 56.3 Å². The highest BCUT2D eigenvalue weighted by atomic mass is 79.9. The van der Waals surface area contributed by atoms with Crippen molar-refractivity contribution in [2.24, 2.45) is 5.16 Å². The lowest BCUT2D eigenvalue weighted by atomic mass is 10.0. The van der Waals surface area contributed by atoms with E-state index < -0.39 is 17.2 Å². The fourth-order valence-corrected chi connectivity index (χ4v) is 4.92. The minimum Gasteiger partial charge on any atom is -0.392 e. The highest BCUT2D eigenvalue weighted by Crippen LogP contribution is 2.32. The average Bonchev–Trinajstić information content (AvgIpc) is 2.77. The summed E-state index contributed by atoms with van der Waals surface area (Å²) in [5.41, 5.74) is 0.381. The van der Waals surface area contributed by atoms with Crippen LogP contribution in [-0.2, 0) is 4.84 Å². The van der Waals surface area contributed by atoms with Gasteiger partial charge in [-0.15, -0.1) is 0 Å². The van der Waals surface area contributed by atoms with Crippen LogP contribution in [0.1, 0.15) is 24.0 Å². The van der Waals surface area contributed by atoms with Crippen molar-refractivity contribution in [1.82, 2.24) is 9.88 Å². The maximum Gasteiger partial charge on any atom is 0.255 e. The molecule has 5 nitrogen and oxygen atoms in total. The van der Waals surface area contributed by atoms with Gasteiger partial charge in [0.25, 0.3) is 5.56 Å². The summed E-state index contributed by atoms with van der Waals surface area (Å²) >= 11 is 16.0. The Bertz CT molecular complexity index is 1250. The molecule has 4 rings (SSSR count). The highest BCUT2D eigenvalue weighted by Gasteiger charge is 2.20. The van der Waals surface area contributed by atoms with Crippen molar-refractivity contribution in [3.8, 4) is 5.69 Å². The van der Waals surface area contributed by atoms with E-state index in [0.29, 0.717) is 10.0 Å². The Kier molecular flexibility index (Phi) is 7.48. The number of nitrogens with zero attached hydrogens (tertiary/aromatic N) is 2. The normalized spacial score (nSPS) is 15.0. The van der Waals surface area contributed by atoms with E-state index in [-0.39, 0.29) is 33.1 Å². The number of hydrogen-bond donors (Lipinski definition) is 1.